The van der Waals surface area contributed by atoms with Crippen LogP contribution in [-0.4, -0.2) is 78.1 Å². The van der Waals surface area contributed by atoms with Gasteiger partial charge in [0, 0.05) is 23.8 Å². The molecular weight excluding hydrogens is 596 g/mol. The molecule has 1 unspecified atom stereocenters. The highest BCUT2D eigenvalue weighted by atomic mass is 35.5. The minimum Gasteiger partial charge on any atom is -0.363 e. The molecular formula is C33H49ClN6O5. The number of nitrogens with two attached hydrogens (primary N) is 2. The fourth-order valence-corrected chi connectivity index (χ4v) is 6.79. The number of ketones is 1. The molecule has 0 aromatic heterocycles. The van der Waals surface area contributed by atoms with E-state index in [9.17, 15) is 24.0 Å². The summed E-state index contributed by atoms with van der Waals surface area (Å²) in [5.74, 6) is -2.75. The van der Waals surface area contributed by atoms with E-state index in [-0.39, 0.29) is 30.2 Å². The van der Waals surface area contributed by atoms with Crippen molar-refractivity contribution in [2.45, 2.75) is 103 Å². The van der Waals surface area contributed by atoms with E-state index in [1.807, 2.05) is 25.7 Å². The number of primary amides is 1. The van der Waals surface area contributed by atoms with Gasteiger partial charge in [-0.3, -0.25) is 24.0 Å². The first-order chi connectivity index (χ1) is 21.3. The van der Waals surface area contributed by atoms with Crippen LogP contribution in [0.4, 0.5) is 5.69 Å². The predicted octanol–water partition coefficient (Wildman–Crippen LogP) is 2.53. The molecule has 0 radical (unpaired) electrons. The summed E-state index contributed by atoms with van der Waals surface area (Å²) in [5, 5.41) is 6.30. The normalized spacial score (nSPS) is 21.7. The Labute approximate surface area is 271 Å². The third-order valence-corrected chi connectivity index (χ3v) is 9.93. The number of hydrogen-bond donors (Lipinski definition) is 4. The Morgan fingerprint density at radius 3 is 2.13 bits per heavy atom. The van der Waals surface area contributed by atoms with E-state index in [2.05, 4.69) is 10.6 Å². The summed E-state index contributed by atoms with van der Waals surface area (Å²) in [6, 6.07) is 3.55. The van der Waals surface area contributed by atoms with Crippen molar-refractivity contribution in [1.82, 2.24) is 15.5 Å². The molecule has 3 aliphatic rings. The van der Waals surface area contributed by atoms with Crippen molar-refractivity contribution in [1.29, 1.82) is 0 Å². The first-order valence-corrected chi connectivity index (χ1v) is 16.6. The van der Waals surface area contributed by atoms with Gasteiger partial charge in [-0.15, -0.1) is 0 Å². The Morgan fingerprint density at radius 2 is 1.58 bits per heavy atom. The molecule has 2 saturated carbocycles. The molecule has 4 amide bonds. The molecule has 1 aromatic rings. The van der Waals surface area contributed by atoms with Gasteiger partial charge in [-0.2, -0.15) is 0 Å². The zero-order chi connectivity index (χ0) is 32.9. The SMILES string of the molecule is CC(C)(C)[C@H](NC(=O)[C@@H](N)C1CCCCC1)C(=O)N1CCN(c2ccc(Cl)cc2)[C@@H](C(=O)NC(CC2CCC2)C(=O)C(N)=O)C1. The van der Waals surface area contributed by atoms with E-state index in [1.54, 1.807) is 29.2 Å². The smallest absolute Gasteiger partial charge is 0.287 e. The van der Waals surface area contributed by atoms with Gasteiger partial charge in [-0.05, 0) is 60.8 Å². The number of benzene rings is 1. The second kappa shape index (κ2) is 14.9. The Kier molecular flexibility index (Phi) is 11.5. The van der Waals surface area contributed by atoms with Gasteiger partial charge < -0.3 is 31.9 Å². The molecule has 6 N–H and O–H groups in total. The molecule has 1 aliphatic heterocycles. The maximum Gasteiger partial charge on any atom is 0.287 e. The van der Waals surface area contributed by atoms with Gasteiger partial charge in [0.05, 0.1) is 18.6 Å². The van der Waals surface area contributed by atoms with Gasteiger partial charge >= 0.3 is 0 Å². The highest BCUT2D eigenvalue weighted by molar-refractivity contribution is 6.37. The van der Waals surface area contributed by atoms with E-state index in [4.69, 9.17) is 23.1 Å². The molecule has 12 heteroatoms. The first-order valence-electron chi connectivity index (χ1n) is 16.3. The van der Waals surface area contributed by atoms with Crippen LogP contribution in [0.25, 0.3) is 0 Å². The number of hydrogen-bond acceptors (Lipinski definition) is 7. The molecule has 4 atom stereocenters. The zero-order valence-electron chi connectivity index (χ0n) is 26.7. The maximum atomic E-state index is 14.1. The van der Waals surface area contributed by atoms with Crippen molar-refractivity contribution in [3.8, 4) is 0 Å². The van der Waals surface area contributed by atoms with Crippen molar-refractivity contribution < 1.29 is 24.0 Å². The summed E-state index contributed by atoms with van der Waals surface area (Å²) < 4.78 is 0. The summed E-state index contributed by atoms with van der Waals surface area (Å²) in [6.07, 6.45) is 8.24. The van der Waals surface area contributed by atoms with Gasteiger partial charge in [0.1, 0.15) is 12.1 Å². The summed E-state index contributed by atoms with van der Waals surface area (Å²) in [6.45, 7) is 6.28. The van der Waals surface area contributed by atoms with Crippen molar-refractivity contribution in [2.75, 3.05) is 24.5 Å². The largest absolute Gasteiger partial charge is 0.363 e. The molecule has 4 rings (SSSR count). The van der Waals surface area contributed by atoms with Crippen LogP contribution < -0.4 is 27.0 Å². The van der Waals surface area contributed by atoms with Gasteiger partial charge in [0.2, 0.25) is 23.5 Å². The van der Waals surface area contributed by atoms with Gasteiger partial charge in [-0.25, -0.2) is 0 Å². The molecule has 3 fully saturated rings. The molecule has 45 heavy (non-hydrogen) atoms. The summed E-state index contributed by atoms with van der Waals surface area (Å²) in [5.41, 5.74) is 11.8. The van der Waals surface area contributed by atoms with E-state index in [0.29, 0.717) is 24.5 Å². The van der Waals surface area contributed by atoms with Crippen molar-refractivity contribution in [3.05, 3.63) is 29.3 Å². The minimum atomic E-state index is -1.09. The first kappa shape index (κ1) is 34.7. The minimum absolute atomic E-state index is 0.00529. The number of amides is 4. The second-order valence-corrected chi connectivity index (χ2v) is 14.5. The topological polar surface area (TPSA) is 168 Å². The van der Waals surface area contributed by atoms with Crippen LogP contribution in [0.3, 0.4) is 0 Å². The lowest BCUT2D eigenvalue weighted by atomic mass is 9.80. The van der Waals surface area contributed by atoms with Gasteiger partial charge in [0.25, 0.3) is 5.91 Å². The van der Waals surface area contributed by atoms with Crippen LogP contribution in [0.1, 0.15) is 78.6 Å². The quantitative estimate of drug-likeness (QED) is 0.268. The summed E-state index contributed by atoms with van der Waals surface area (Å²) >= 11 is 6.13. The molecule has 1 saturated heterocycles. The lowest BCUT2D eigenvalue weighted by Gasteiger charge is -2.44. The van der Waals surface area contributed by atoms with E-state index < -0.39 is 47.2 Å². The Bertz CT molecular complexity index is 1240. The molecule has 11 nitrogen and oxygen atoms in total. The third-order valence-electron chi connectivity index (χ3n) is 9.68. The Balaban J connectivity index is 1.55. The monoisotopic (exact) mass is 644 g/mol. The van der Waals surface area contributed by atoms with Crippen LogP contribution in [0.5, 0.6) is 0 Å². The second-order valence-electron chi connectivity index (χ2n) is 14.0. The number of Topliss-reactive ketones (excluding diaryl/α,β-unsaturated/α-hetero) is 1. The Hall–Kier alpha value is -3.18. The average Bonchev–Trinajstić information content (AvgIpc) is 2.99. The van der Waals surface area contributed by atoms with Crippen LogP contribution in [0, 0.1) is 17.3 Å². The molecule has 0 bridgehead atoms. The predicted molar refractivity (Wildman–Crippen MR) is 173 cm³/mol. The number of piperazine rings is 1. The number of carbonyl (C=O) groups excluding carboxylic acids is 5. The van der Waals surface area contributed by atoms with E-state index in [1.165, 1.54) is 0 Å². The lowest BCUT2D eigenvalue weighted by Crippen LogP contribution is -2.65. The van der Waals surface area contributed by atoms with Gasteiger partial charge in [0.15, 0.2) is 0 Å². The van der Waals surface area contributed by atoms with Crippen LogP contribution in [0.15, 0.2) is 24.3 Å². The molecule has 248 valence electrons. The average molecular weight is 645 g/mol. The highest BCUT2D eigenvalue weighted by Gasteiger charge is 2.42. The summed E-state index contributed by atoms with van der Waals surface area (Å²) in [7, 11) is 0. The van der Waals surface area contributed by atoms with Crippen LogP contribution >= 0.6 is 11.6 Å². The van der Waals surface area contributed by atoms with Crippen LogP contribution in [0.2, 0.25) is 5.02 Å². The fraction of sp³-hybridized carbons (Fsp3) is 0.667. The summed E-state index contributed by atoms with van der Waals surface area (Å²) in [4.78, 5) is 69.5. The van der Waals surface area contributed by atoms with E-state index in [0.717, 1.165) is 57.1 Å². The number of anilines is 1. The number of nitrogens with one attached hydrogen (secondary N) is 2. The molecule has 1 aromatic carbocycles. The Morgan fingerprint density at radius 1 is 0.933 bits per heavy atom. The van der Waals surface area contributed by atoms with Crippen molar-refractivity contribution >= 4 is 46.7 Å². The number of carbonyl (C=O) groups is 5. The standard InChI is InChI=1S/C33H49ClN6O5/c1-33(2,3)28(38-31(44)26(35)21-10-5-4-6-11-21)32(45)39-16-17-40(23-14-12-22(34)13-15-23)25(19-39)30(43)37-24(27(41)29(36)42)18-20-8-7-9-20/h12-15,20-21,24-26,28H,4-11,16-19,35H2,1-3H3,(H2,36,42)(H,37,43)(H,38,44)/t24?,25-,26+,28-/m1/s1. The fourth-order valence-electron chi connectivity index (χ4n) is 6.66. The van der Waals surface area contributed by atoms with E-state index >= 15 is 0 Å². The maximum absolute atomic E-state index is 14.1. The molecule has 0 spiro atoms. The number of nitrogens with zero attached hydrogens (tertiary/aromatic N) is 2. The molecule has 2 aliphatic carbocycles. The van der Waals surface area contributed by atoms with Crippen LogP contribution in [-0.2, 0) is 24.0 Å². The third kappa shape index (κ3) is 8.76. The molecule has 1 heterocycles. The van der Waals surface area contributed by atoms with Crippen molar-refractivity contribution in [3.63, 3.8) is 0 Å². The lowest BCUT2D eigenvalue weighted by molar-refractivity contribution is -0.142. The highest BCUT2D eigenvalue weighted by Crippen LogP contribution is 2.31. The van der Waals surface area contributed by atoms with Gasteiger partial charge in [-0.1, -0.05) is 70.9 Å². The number of halogens is 1. The zero-order valence-corrected chi connectivity index (χ0v) is 27.5. The number of rotatable bonds is 11. The van der Waals surface area contributed by atoms with Crippen molar-refractivity contribution in [2.24, 2.45) is 28.7 Å².